The number of phenolic OH excluding ortho intramolecular Hbond substituents is 1. The van der Waals surface area contributed by atoms with E-state index in [2.05, 4.69) is 15.5 Å². The maximum Gasteiger partial charge on any atom is 0.234 e. The number of hydrogen-bond donors (Lipinski definition) is 2. The lowest BCUT2D eigenvalue weighted by atomic mass is 10.3. The van der Waals surface area contributed by atoms with Crippen molar-refractivity contribution in [1.82, 2.24) is 14.8 Å². The number of rotatable bonds is 9. The smallest absolute Gasteiger partial charge is 0.234 e. The van der Waals surface area contributed by atoms with Gasteiger partial charge in [-0.25, -0.2) is 0 Å². The number of nitrogens with zero attached hydrogens (tertiary/aromatic N) is 3. The number of para-hydroxylation sites is 2. The lowest BCUT2D eigenvalue weighted by Crippen LogP contribution is -2.15. The van der Waals surface area contributed by atoms with E-state index < -0.39 is 0 Å². The summed E-state index contributed by atoms with van der Waals surface area (Å²) in [6.07, 6.45) is -0.357. The van der Waals surface area contributed by atoms with Crippen LogP contribution in [0.2, 0.25) is 0 Å². The normalized spacial score (nSPS) is 11.7. The average Bonchev–Trinajstić information content (AvgIpc) is 3.15. The Labute approximate surface area is 179 Å². The Balaban J connectivity index is 1.65. The molecule has 1 aromatic heterocycles. The third kappa shape index (κ3) is 5.24. The summed E-state index contributed by atoms with van der Waals surface area (Å²) in [5.41, 5.74) is 0.539. The maximum absolute atomic E-state index is 12.2. The molecule has 30 heavy (non-hydrogen) atoms. The Bertz CT molecular complexity index is 1010. The number of nitrogens with one attached hydrogen (secondary N) is 1. The summed E-state index contributed by atoms with van der Waals surface area (Å²) in [7, 11) is 1.60. The van der Waals surface area contributed by atoms with Crippen molar-refractivity contribution in [1.29, 1.82) is 0 Å². The molecule has 1 amide bonds. The van der Waals surface area contributed by atoms with Gasteiger partial charge in [0.25, 0.3) is 0 Å². The van der Waals surface area contributed by atoms with Crippen LogP contribution in [0.3, 0.4) is 0 Å². The molecule has 9 heteroatoms. The molecule has 1 unspecified atom stereocenters. The van der Waals surface area contributed by atoms with Gasteiger partial charge in [-0.15, -0.1) is 10.2 Å². The minimum Gasteiger partial charge on any atom is -0.508 e. The predicted molar refractivity (Wildman–Crippen MR) is 115 cm³/mol. The Morgan fingerprint density at radius 3 is 2.67 bits per heavy atom. The summed E-state index contributed by atoms with van der Waals surface area (Å²) >= 11 is 1.29. The van der Waals surface area contributed by atoms with Crippen LogP contribution in [0.5, 0.6) is 17.2 Å². The van der Waals surface area contributed by atoms with Gasteiger partial charge >= 0.3 is 0 Å². The van der Waals surface area contributed by atoms with Crippen LogP contribution in [-0.4, -0.2) is 38.6 Å². The van der Waals surface area contributed by atoms with E-state index in [9.17, 15) is 9.90 Å². The molecule has 1 atom stereocenters. The van der Waals surface area contributed by atoms with Gasteiger partial charge in [-0.3, -0.25) is 4.79 Å². The molecule has 0 saturated heterocycles. The van der Waals surface area contributed by atoms with E-state index in [1.165, 1.54) is 17.8 Å². The lowest BCUT2D eigenvalue weighted by Gasteiger charge is -2.17. The number of phenols is 1. The standard InChI is InChI=1S/C21H24N4O4S/c1-4-25-20(14(2)29-18-11-6-5-10-17(18)28-3)23-24-21(25)30-13-19(27)22-15-8-7-9-16(26)12-15/h5-12,14,26H,4,13H2,1-3H3,(H,22,27). The second-order valence-electron chi connectivity index (χ2n) is 6.38. The molecular formula is C21H24N4O4S. The molecule has 3 aromatic rings. The number of benzene rings is 2. The highest BCUT2D eigenvalue weighted by atomic mass is 32.2. The molecule has 158 valence electrons. The number of amides is 1. The van der Waals surface area contributed by atoms with E-state index in [1.807, 2.05) is 42.7 Å². The monoisotopic (exact) mass is 428 g/mol. The lowest BCUT2D eigenvalue weighted by molar-refractivity contribution is -0.113. The van der Waals surface area contributed by atoms with Gasteiger partial charge in [0.2, 0.25) is 5.91 Å². The van der Waals surface area contributed by atoms with Crippen LogP contribution in [0, 0.1) is 0 Å². The van der Waals surface area contributed by atoms with E-state index in [1.54, 1.807) is 25.3 Å². The Morgan fingerprint density at radius 2 is 1.97 bits per heavy atom. The van der Waals surface area contributed by atoms with E-state index in [0.717, 1.165) is 0 Å². The minimum atomic E-state index is -0.357. The largest absolute Gasteiger partial charge is 0.508 e. The number of ether oxygens (including phenoxy) is 2. The minimum absolute atomic E-state index is 0.0971. The first-order valence-electron chi connectivity index (χ1n) is 9.46. The van der Waals surface area contributed by atoms with Gasteiger partial charge in [-0.2, -0.15) is 0 Å². The zero-order valence-corrected chi connectivity index (χ0v) is 17.8. The second-order valence-corrected chi connectivity index (χ2v) is 7.33. The highest BCUT2D eigenvalue weighted by molar-refractivity contribution is 7.99. The number of anilines is 1. The van der Waals surface area contributed by atoms with Gasteiger partial charge in [0.15, 0.2) is 28.6 Å². The van der Waals surface area contributed by atoms with Crippen molar-refractivity contribution in [3.05, 3.63) is 54.4 Å². The number of aromatic nitrogens is 3. The molecule has 3 rings (SSSR count). The number of thioether (sulfide) groups is 1. The van der Waals surface area contributed by atoms with Gasteiger partial charge in [0.05, 0.1) is 12.9 Å². The number of methoxy groups -OCH3 is 1. The van der Waals surface area contributed by atoms with Crippen molar-refractivity contribution in [2.45, 2.75) is 31.7 Å². The van der Waals surface area contributed by atoms with E-state index in [-0.39, 0.29) is 23.5 Å². The summed E-state index contributed by atoms with van der Waals surface area (Å²) in [6, 6.07) is 13.8. The second kappa shape index (κ2) is 10.0. The average molecular weight is 429 g/mol. The van der Waals surface area contributed by atoms with E-state index in [0.29, 0.717) is 34.7 Å². The van der Waals surface area contributed by atoms with Crippen molar-refractivity contribution < 1.29 is 19.4 Å². The van der Waals surface area contributed by atoms with Crippen LogP contribution in [0.4, 0.5) is 5.69 Å². The molecule has 0 radical (unpaired) electrons. The van der Waals surface area contributed by atoms with Crippen LogP contribution in [0.1, 0.15) is 25.8 Å². The van der Waals surface area contributed by atoms with Crippen molar-refractivity contribution in [3.63, 3.8) is 0 Å². The van der Waals surface area contributed by atoms with Gasteiger partial charge in [-0.1, -0.05) is 30.0 Å². The fourth-order valence-electron chi connectivity index (χ4n) is 2.87. The number of aromatic hydroxyl groups is 1. The van der Waals surface area contributed by atoms with Crippen molar-refractivity contribution in [2.24, 2.45) is 0 Å². The van der Waals surface area contributed by atoms with Gasteiger partial charge in [-0.05, 0) is 38.1 Å². The zero-order chi connectivity index (χ0) is 21.5. The summed E-state index contributed by atoms with van der Waals surface area (Å²) in [4.78, 5) is 12.2. The first-order valence-corrected chi connectivity index (χ1v) is 10.4. The van der Waals surface area contributed by atoms with E-state index in [4.69, 9.17) is 9.47 Å². The van der Waals surface area contributed by atoms with Gasteiger partial charge in [0, 0.05) is 18.3 Å². The summed E-state index contributed by atoms with van der Waals surface area (Å²) in [5.74, 6) is 1.99. The molecule has 0 aliphatic heterocycles. The third-order valence-electron chi connectivity index (χ3n) is 4.26. The van der Waals surface area contributed by atoms with Crippen LogP contribution in [0.25, 0.3) is 0 Å². The van der Waals surface area contributed by atoms with Gasteiger partial charge in [0.1, 0.15) is 5.75 Å². The number of hydrogen-bond acceptors (Lipinski definition) is 7. The molecule has 0 spiro atoms. The predicted octanol–water partition coefficient (Wildman–Crippen LogP) is 3.88. The van der Waals surface area contributed by atoms with Crippen molar-refractivity contribution >= 4 is 23.4 Å². The SMILES string of the molecule is CCn1c(SCC(=O)Nc2cccc(O)c2)nnc1C(C)Oc1ccccc1OC. The van der Waals surface area contributed by atoms with Crippen LogP contribution >= 0.6 is 11.8 Å². The Hall–Kier alpha value is -3.20. The molecule has 0 saturated carbocycles. The molecule has 1 heterocycles. The van der Waals surface area contributed by atoms with Crippen molar-refractivity contribution in [3.8, 4) is 17.2 Å². The first-order chi connectivity index (χ1) is 14.5. The molecular weight excluding hydrogens is 404 g/mol. The van der Waals surface area contributed by atoms with Crippen LogP contribution < -0.4 is 14.8 Å². The molecule has 0 aliphatic carbocycles. The molecule has 0 fully saturated rings. The highest BCUT2D eigenvalue weighted by Crippen LogP contribution is 2.31. The quantitative estimate of drug-likeness (QED) is 0.499. The first kappa shape index (κ1) is 21.5. The molecule has 0 bridgehead atoms. The molecule has 8 nitrogen and oxygen atoms in total. The van der Waals surface area contributed by atoms with Gasteiger partial charge < -0.3 is 24.5 Å². The van der Waals surface area contributed by atoms with Crippen molar-refractivity contribution in [2.75, 3.05) is 18.2 Å². The number of carbonyl (C=O) groups is 1. The fraction of sp³-hybridized carbons (Fsp3) is 0.286. The zero-order valence-electron chi connectivity index (χ0n) is 17.0. The third-order valence-corrected chi connectivity index (χ3v) is 5.23. The molecule has 2 aromatic carbocycles. The summed E-state index contributed by atoms with van der Waals surface area (Å²) < 4.78 is 13.3. The summed E-state index contributed by atoms with van der Waals surface area (Å²) in [6.45, 7) is 4.52. The topological polar surface area (TPSA) is 98.5 Å². The molecule has 2 N–H and O–H groups in total. The number of carbonyl (C=O) groups excluding carboxylic acids is 1. The summed E-state index contributed by atoms with van der Waals surface area (Å²) in [5, 5.41) is 21.4. The Kier molecular flexibility index (Phi) is 7.18. The van der Waals surface area contributed by atoms with E-state index >= 15 is 0 Å². The highest BCUT2D eigenvalue weighted by Gasteiger charge is 2.20. The Morgan fingerprint density at radius 1 is 1.20 bits per heavy atom. The van der Waals surface area contributed by atoms with Crippen LogP contribution in [0.15, 0.2) is 53.7 Å². The molecule has 0 aliphatic rings. The van der Waals surface area contributed by atoms with Crippen LogP contribution in [-0.2, 0) is 11.3 Å². The maximum atomic E-state index is 12.2. The fourth-order valence-corrected chi connectivity index (χ4v) is 3.68.